The number of rotatable bonds is 8. The lowest BCUT2D eigenvalue weighted by Crippen LogP contribution is -2.38. The van der Waals surface area contributed by atoms with Gasteiger partial charge < -0.3 is 25.2 Å². The van der Waals surface area contributed by atoms with Crippen molar-refractivity contribution in [2.45, 2.75) is 51.6 Å². The van der Waals surface area contributed by atoms with E-state index >= 15 is 0 Å². The van der Waals surface area contributed by atoms with Gasteiger partial charge in [-0.2, -0.15) is 0 Å². The molecule has 0 aromatic heterocycles. The second-order valence-corrected chi connectivity index (χ2v) is 7.24. The molecule has 8 nitrogen and oxygen atoms in total. The van der Waals surface area contributed by atoms with Gasteiger partial charge in [-0.25, -0.2) is 0 Å². The van der Waals surface area contributed by atoms with Crippen molar-refractivity contribution in [2.75, 3.05) is 13.7 Å². The van der Waals surface area contributed by atoms with E-state index in [0.29, 0.717) is 42.7 Å². The Kier molecular flexibility index (Phi) is 7.66. The van der Waals surface area contributed by atoms with Crippen LogP contribution in [0.4, 0.5) is 0 Å². The number of amides is 2. The fraction of sp³-hybridized carbons (Fsp3) is 0.550. The van der Waals surface area contributed by atoms with E-state index in [2.05, 4.69) is 10.6 Å². The zero-order valence-corrected chi connectivity index (χ0v) is 16.5. The van der Waals surface area contributed by atoms with Crippen molar-refractivity contribution >= 4 is 17.8 Å². The topological polar surface area (TPSA) is 114 Å². The fourth-order valence-electron chi connectivity index (χ4n) is 3.19. The molecule has 0 aliphatic heterocycles. The molecule has 1 fully saturated rings. The highest BCUT2D eigenvalue weighted by molar-refractivity contribution is 5.95. The van der Waals surface area contributed by atoms with Crippen LogP contribution in [0.15, 0.2) is 18.2 Å². The van der Waals surface area contributed by atoms with Gasteiger partial charge in [0, 0.05) is 17.6 Å². The van der Waals surface area contributed by atoms with Crippen LogP contribution in [0.1, 0.15) is 49.9 Å². The predicted octanol–water partition coefficient (Wildman–Crippen LogP) is 1.97. The Morgan fingerprint density at radius 2 is 1.82 bits per heavy atom. The minimum atomic E-state index is -0.771. The van der Waals surface area contributed by atoms with E-state index in [0.717, 1.165) is 0 Å². The van der Waals surface area contributed by atoms with Crippen molar-refractivity contribution in [1.82, 2.24) is 10.6 Å². The van der Waals surface area contributed by atoms with Crippen LogP contribution in [0.25, 0.3) is 0 Å². The minimum absolute atomic E-state index is 0.0228. The molecule has 0 unspecified atom stereocenters. The van der Waals surface area contributed by atoms with Crippen molar-refractivity contribution in [2.24, 2.45) is 5.92 Å². The normalized spacial score (nSPS) is 19.0. The maximum Gasteiger partial charge on any atom is 0.306 e. The SMILES string of the molecule is COc1cc(C(=O)NC2CCC(C(=O)O)CC2)ccc1OCC(=O)NC(C)C. The summed E-state index contributed by atoms with van der Waals surface area (Å²) in [7, 11) is 1.46. The van der Waals surface area contributed by atoms with Crippen LogP contribution in [-0.4, -0.2) is 48.7 Å². The molecule has 1 aliphatic carbocycles. The number of carboxylic acids is 1. The quantitative estimate of drug-likeness (QED) is 0.623. The number of hydrogen-bond acceptors (Lipinski definition) is 5. The molecule has 1 aromatic rings. The lowest BCUT2D eigenvalue weighted by atomic mass is 9.86. The fourth-order valence-corrected chi connectivity index (χ4v) is 3.19. The van der Waals surface area contributed by atoms with E-state index in [4.69, 9.17) is 14.6 Å². The summed E-state index contributed by atoms with van der Waals surface area (Å²) in [5.41, 5.74) is 0.413. The van der Waals surface area contributed by atoms with Crippen LogP contribution in [0, 0.1) is 5.92 Å². The van der Waals surface area contributed by atoms with Gasteiger partial charge in [0.2, 0.25) is 0 Å². The van der Waals surface area contributed by atoms with Crippen LogP contribution < -0.4 is 20.1 Å². The van der Waals surface area contributed by atoms with Crippen molar-refractivity contribution in [3.8, 4) is 11.5 Å². The number of carbonyl (C=O) groups excluding carboxylic acids is 2. The first-order chi connectivity index (χ1) is 13.3. The second kappa shape index (κ2) is 9.96. The number of carboxylic acid groups (broad SMARTS) is 1. The van der Waals surface area contributed by atoms with Crippen LogP contribution in [-0.2, 0) is 9.59 Å². The number of methoxy groups -OCH3 is 1. The average molecular weight is 392 g/mol. The third-order valence-corrected chi connectivity index (χ3v) is 4.65. The summed E-state index contributed by atoms with van der Waals surface area (Å²) in [5.74, 6) is -0.846. The third-order valence-electron chi connectivity index (χ3n) is 4.65. The molecule has 0 atom stereocenters. The van der Waals surface area contributed by atoms with Crippen molar-refractivity contribution in [3.05, 3.63) is 23.8 Å². The summed E-state index contributed by atoms with van der Waals surface area (Å²) in [6, 6.07) is 4.75. The highest BCUT2D eigenvalue weighted by atomic mass is 16.5. The van der Waals surface area contributed by atoms with E-state index in [-0.39, 0.29) is 36.4 Å². The number of benzene rings is 1. The Hall–Kier alpha value is -2.77. The molecule has 1 saturated carbocycles. The number of carbonyl (C=O) groups is 3. The molecule has 0 bridgehead atoms. The number of hydrogen-bond donors (Lipinski definition) is 3. The molecule has 0 spiro atoms. The molecule has 1 aromatic carbocycles. The van der Waals surface area contributed by atoms with Gasteiger partial charge in [0.25, 0.3) is 11.8 Å². The molecule has 0 saturated heterocycles. The summed E-state index contributed by atoms with van der Waals surface area (Å²) in [4.78, 5) is 35.2. The largest absolute Gasteiger partial charge is 0.493 e. The zero-order chi connectivity index (χ0) is 20.7. The monoisotopic (exact) mass is 392 g/mol. The minimum Gasteiger partial charge on any atom is -0.493 e. The Bertz CT molecular complexity index is 711. The predicted molar refractivity (Wildman–Crippen MR) is 103 cm³/mol. The third kappa shape index (κ3) is 6.14. The summed E-state index contributed by atoms with van der Waals surface area (Å²) >= 11 is 0. The van der Waals surface area contributed by atoms with Gasteiger partial charge in [0.1, 0.15) is 0 Å². The lowest BCUT2D eigenvalue weighted by Gasteiger charge is -2.26. The first kappa shape index (κ1) is 21.5. The average Bonchev–Trinajstić information content (AvgIpc) is 2.66. The Balaban J connectivity index is 1.94. The second-order valence-electron chi connectivity index (χ2n) is 7.24. The molecule has 0 radical (unpaired) electrons. The molecular weight excluding hydrogens is 364 g/mol. The maximum atomic E-state index is 12.5. The summed E-state index contributed by atoms with van der Waals surface area (Å²) in [5, 5.41) is 14.7. The van der Waals surface area contributed by atoms with Crippen LogP contribution >= 0.6 is 0 Å². The Morgan fingerprint density at radius 1 is 1.14 bits per heavy atom. The first-order valence-corrected chi connectivity index (χ1v) is 9.44. The van der Waals surface area contributed by atoms with Gasteiger partial charge in [-0.15, -0.1) is 0 Å². The number of ether oxygens (including phenoxy) is 2. The van der Waals surface area contributed by atoms with Gasteiger partial charge in [-0.3, -0.25) is 14.4 Å². The maximum absolute atomic E-state index is 12.5. The van der Waals surface area contributed by atoms with Gasteiger partial charge in [0.05, 0.1) is 13.0 Å². The molecule has 1 aliphatic rings. The molecule has 28 heavy (non-hydrogen) atoms. The van der Waals surface area contributed by atoms with Crippen LogP contribution in [0.5, 0.6) is 11.5 Å². The van der Waals surface area contributed by atoms with Crippen LogP contribution in [0.3, 0.4) is 0 Å². The van der Waals surface area contributed by atoms with E-state index in [1.165, 1.54) is 7.11 Å². The molecule has 2 rings (SSSR count). The molecular formula is C20H28N2O6. The van der Waals surface area contributed by atoms with E-state index in [1.807, 2.05) is 13.8 Å². The lowest BCUT2D eigenvalue weighted by molar-refractivity contribution is -0.142. The van der Waals surface area contributed by atoms with Gasteiger partial charge in [0.15, 0.2) is 18.1 Å². The van der Waals surface area contributed by atoms with Crippen LogP contribution in [0.2, 0.25) is 0 Å². The highest BCUT2D eigenvalue weighted by Crippen LogP contribution is 2.29. The van der Waals surface area contributed by atoms with Crippen molar-refractivity contribution in [3.63, 3.8) is 0 Å². The van der Waals surface area contributed by atoms with E-state index in [1.54, 1.807) is 18.2 Å². The van der Waals surface area contributed by atoms with Gasteiger partial charge >= 0.3 is 5.97 Å². The molecule has 3 N–H and O–H groups in total. The number of aliphatic carboxylic acids is 1. The Labute approximate surface area is 164 Å². The summed E-state index contributed by atoms with van der Waals surface area (Å²) in [6.45, 7) is 3.58. The first-order valence-electron chi connectivity index (χ1n) is 9.44. The van der Waals surface area contributed by atoms with E-state index in [9.17, 15) is 14.4 Å². The molecule has 8 heteroatoms. The van der Waals surface area contributed by atoms with Crippen molar-refractivity contribution in [1.29, 1.82) is 0 Å². The molecule has 154 valence electrons. The van der Waals surface area contributed by atoms with Crippen molar-refractivity contribution < 1.29 is 29.0 Å². The smallest absolute Gasteiger partial charge is 0.306 e. The molecule has 0 heterocycles. The van der Waals surface area contributed by atoms with Gasteiger partial charge in [-0.1, -0.05) is 0 Å². The Morgan fingerprint density at radius 3 is 2.39 bits per heavy atom. The molecule has 2 amide bonds. The summed E-state index contributed by atoms with van der Waals surface area (Å²) in [6.07, 6.45) is 2.42. The van der Waals surface area contributed by atoms with Gasteiger partial charge in [-0.05, 0) is 57.7 Å². The number of nitrogens with one attached hydrogen (secondary N) is 2. The van der Waals surface area contributed by atoms with E-state index < -0.39 is 5.97 Å². The highest BCUT2D eigenvalue weighted by Gasteiger charge is 2.27. The standard InChI is InChI=1S/C20H28N2O6/c1-12(2)21-18(23)11-28-16-9-6-14(10-17(16)27-3)19(24)22-15-7-4-13(5-8-15)20(25)26/h6,9-10,12-13,15H,4-5,7-8,11H2,1-3H3,(H,21,23)(H,22,24)(H,25,26). The zero-order valence-electron chi connectivity index (χ0n) is 16.5. The summed E-state index contributed by atoms with van der Waals surface area (Å²) < 4.78 is 10.8.